The van der Waals surface area contributed by atoms with Gasteiger partial charge in [0.2, 0.25) is 0 Å². The molecule has 2 nitrogen and oxygen atoms in total. The molecule has 0 aliphatic heterocycles. The maximum atomic E-state index is 5.06. The van der Waals surface area contributed by atoms with Crippen LogP contribution in [0.15, 0.2) is 60.8 Å². The number of pyridine rings is 2. The van der Waals surface area contributed by atoms with Crippen LogP contribution in [-0.4, -0.2) is 9.97 Å². The van der Waals surface area contributed by atoms with Gasteiger partial charge in [-0.15, -0.1) is 0 Å². The molecule has 0 atom stereocenters. The Balaban J connectivity index is 1.98. The average molecular weight is 369 g/mol. The minimum Gasteiger partial charge on any atom is -0.254 e. The lowest BCUT2D eigenvalue weighted by Gasteiger charge is -2.26. The molecule has 2 aromatic carbocycles. The Morgan fingerprint density at radius 2 is 1.21 bits per heavy atom. The average Bonchev–Trinajstić information content (AvgIpc) is 2.65. The van der Waals surface area contributed by atoms with Crippen molar-refractivity contribution in [2.45, 2.75) is 52.4 Å². The molecule has 0 amide bonds. The Morgan fingerprint density at radius 3 is 1.82 bits per heavy atom. The molecule has 0 saturated carbocycles. The van der Waals surface area contributed by atoms with Crippen LogP contribution < -0.4 is 0 Å². The van der Waals surface area contributed by atoms with Crippen LogP contribution in [0.1, 0.15) is 52.7 Å². The molecule has 4 rings (SSSR count). The highest BCUT2D eigenvalue weighted by Gasteiger charge is 2.21. The molecule has 0 aliphatic carbocycles. The summed E-state index contributed by atoms with van der Waals surface area (Å²) in [6.45, 7) is 13.6. The first-order valence-electron chi connectivity index (χ1n) is 9.94. The van der Waals surface area contributed by atoms with E-state index in [4.69, 9.17) is 4.98 Å². The van der Waals surface area contributed by atoms with Crippen molar-refractivity contribution in [3.8, 4) is 11.3 Å². The topological polar surface area (TPSA) is 25.8 Å². The minimum absolute atomic E-state index is 0.0844. The predicted octanol–water partition coefficient (Wildman–Crippen LogP) is 7.05. The SMILES string of the molecule is CC(C)(C)c1cc(-c2ccc3ccc4cccnc4c3n2)cc(C(C)(C)C)c1. The zero-order chi connectivity index (χ0) is 20.1. The van der Waals surface area contributed by atoms with E-state index in [1.165, 1.54) is 16.7 Å². The van der Waals surface area contributed by atoms with Crippen LogP contribution in [0.25, 0.3) is 33.1 Å². The van der Waals surface area contributed by atoms with Gasteiger partial charge in [-0.1, -0.05) is 71.9 Å². The molecule has 0 unspecified atom stereocenters. The lowest BCUT2D eigenvalue weighted by Crippen LogP contribution is -2.16. The molecule has 0 N–H and O–H groups in total. The molecule has 0 radical (unpaired) electrons. The van der Waals surface area contributed by atoms with Crippen LogP contribution in [0, 0.1) is 0 Å². The van der Waals surface area contributed by atoms with Crippen molar-refractivity contribution in [2.75, 3.05) is 0 Å². The van der Waals surface area contributed by atoms with E-state index in [9.17, 15) is 0 Å². The molecule has 0 saturated heterocycles. The normalized spacial score (nSPS) is 12.6. The Kier molecular flexibility index (Phi) is 4.26. The van der Waals surface area contributed by atoms with Gasteiger partial charge in [0, 0.05) is 22.5 Å². The lowest BCUT2D eigenvalue weighted by molar-refractivity contribution is 0.569. The number of hydrogen-bond acceptors (Lipinski definition) is 2. The van der Waals surface area contributed by atoms with Gasteiger partial charge in [-0.3, -0.25) is 4.98 Å². The molecule has 0 bridgehead atoms. The zero-order valence-electron chi connectivity index (χ0n) is 17.7. The van der Waals surface area contributed by atoms with Gasteiger partial charge < -0.3 is 0 Å². The summed E-state index contributed by atoms with van der Waals surface area (Å²) in [5, 5.41) is 2.25. The first-order valence-corrected chi connectivity index (χ1v) is 9.94. The van der Waals surface area contributed by atoms with Crippen molar-refractivity contribution in [2.24, 2.45) is 0 Å². The van der Waals surface area contributed by atoms with Gasteiger partial charge in [0.15, 0.2) is 0 Å². The van der Waals surface area contributed by atoms with Gasteiger partial charge in [0.25, 0.3) is 0 Å². The van der Waals surface area contributed by atoms with E-state index in [0.717, 1.165) is 27.5 Å². The van der Waals surface area contributed by atoms with Crippen molar-refractivity contribution >= 4 is 21.8 Å². The summed E-state index contributed by atoms with van der Waals surface area (Å²) < 4.78 is 0. The highest BCUT2D eigenvalue weighted by atomic mass is 14.7. The second kappa shape index (κ2) is 6.41. The quantitative estimate of drug-likeness (QED) is 0.337. The third-order valence-electron chi connectivity index (χ3n) is 5.39. The summed E-state index contributed by atoms with van der Waals surface area (Å²) in [6, 6.07) is 19.5. The van der Waals surface area contributed by atoms with E-state index in [1.54, 1.807) is 0 Å². The second-order valence-corrected chi connectivity index (χ2v) is 9.71. The van der Waals surface area contributed by atoms with Crippen molar-refractivity contribution in [1.29, 1.82) is 0 Å². The first-order chi connectivity index (χ1) is 13.1. The van der Waals surface area contributed by atoms with Crippen molar-refractivity contribution in [3.05, 3.63) is 71.9 Å². The van der Waals surface area contributed by atoms with Gasteiger partial charge in [0.05, 0.1) is 16.7 Å². The number of nitrogens with zero attached hydrogens (tertiary/aromatic N) is 2. The van der Waals surface area contributed by atoms with Gasteiger partial charge in [-0.05, 0) is 46.2 Å². The van der Waals surface area contributed by atoms with Crippen molar-refractivity contribution in [3.63, 3.8) is 0 Å². The second-order valence-electron chi connectivity index (χ2n) is 9.71. The van der Waals surface area contributed by atoms with Gasteiger partial charge in [-0.25, -0.2) is 4.98 Å². The van der Waals surface area contributed by atoms with E-state index < -0.39 is 0 Å². The smallest absolute Gasteiger partial charge is 0.0972 e. The molecular formula is C26H28N2. The zero-order valence-corrected chi connectivity index (χ0v) is 17.7. The molecule has 142 valence electrons. The van der Waals surface area contributed by atoms with Gasteiger partial charge in [-0.2, -0.15) is 0 Å². The van der Waals surface area contributed by atoms with Crippen LogP contribution in [-0.2, 0) is 10.8 Å². The molecule has 0 aliphatic rings. The Bertz CT molecular complexity index is 1140. The van der Waals surface area contributed by atoms with Crippen LogP contribution in [0.5, 0.6) is 0 Å². The Morgan fingerprint density at radius 1 is 0.643 bits per heavy atom. The van der Waals surface area contributed by atoms with E-state index in [2.05, 4.69) is 95.1 Å². The summed E-state index contributed by atoms with van der Waals surface area (Å²) in [5.74, 6) is 0. The standard InChI is InChI=1S/C26H28N2/c1-25(2,3)20-14-19(15-21(16-20)26(4,5)6)22-12-11-18-10-9-17-8-7-13-27-23(17)24(18)28-22/h7-16H,1-6H3. The maximum absolute atomic E-state index is 5.06. The molecule has 4 aromatic rings. The predicted molar refractivity (Wildman–Crippen MR) is 120 cm³/mol. The van der Waals surface area contributed by atoms with E-state index >= 15 is 0 Å². The van der Waals surface area contributed by atoms with Crippen LogP contribution in [0.3, 0.4) is 0 Å². The summed E-state index contributed by atoms with van der Waals surface area (Å²) in [5.41, 5.74) is 6.96. The van der Waals surface area contributed by atoms with Crippen molar-refractivity contribution < 1.29 is 0 Å². The van der Waals surface area contributed by atoms with Crippen LogP contribution >= 0.6 is 0 Å². The number of benzene rings is 2. The summed E-state index contributed by atoms with van der Waals surface area (Å²) >= 11 is 0. The lowest BCUT2D eigenvalue weighted by atomic mass is 9.79. The van der Waals surface area contributed by atoms with Gasteiger partial charge in [0.1, 0.15) is 0 Å². The molecule has 0 fully saturated rings. The van der Waals surface area contributed by atoms with Crippen LogP contribution in [0.2, 0.25) is 0 Å². The number of aromatic nitrogens is 2. The largest absolute Gasteiger partial charge is 0.254 e. The third-order valence-corrected chi connectivity index (χ3v) is 5.39. The highest BCUT2D eigenvalue weighted by molar-refractivity contribution is 6.03. The molecular weight excluding hydrogens is 340 g/mol. The third kappa shape index (κ3) is 3.40. The Hall–Kier alpha value is -2.74. The van der Waals surface area contributed by atoms with E-state index in [0.29, 0.717) is 0 Å². The molecule has 0 spiro atoms. The Labute approximate surface area is 167 Å². The number of fused-ring (bicyclic) bond motifs is 3. The van der Waals surface area contributed by atoms with Crippen molar-refractivity contribution in [1.82, 2.24) is 9.97 Å². The first kappa shape index (κ1) is 18.6. The van der Waals surface area contributed by atoms with Gasteiger partial charge >= 0.3 is 0 Å². The molecule has 2 aromatic heterocycles. The van der Waals surface area contributed by atoms with E-state index in [-0.39, 0.29) is 10.8 Å². The molecule has 28 heavy (non-hydrogen) atoms. The fourth-order valence-corrected chi connectivity index (χ4v) is 3.53. The minimum atomic E-state index is 0.0844. The maximum Gasteiger partial charge on any atom is 0.0972 e. The highest BCUT2D eigenvalue weighted by Crippen LogP contribution is 2.34. The number of rotatable bonds is 1. The number of hydrogen-bond donors (Lipinski definition) is 0. The molecule has 2 heterocycles. The monoisotopic (exact) mass is 368 g/mol. The summed E-state index contributed by atoms with van der Waals surface area (Å²) in [6.07, 6.45) is 1.84. The fraction of sp³-hybridized carbons (Fsp3) is 0.308. The van der Waals surface area contributed by atoms with E-state index in [1.807, 2.05) is 12.3 Å². The molecule has 2 heteroatoms. The summed E-state index contributed by atoms with van der Waals surface area (Å²) in [4.78, 5) is 9.65. The van der Waals surface area contributed by atoms with Crippen LogP contribution in [0.4, 0.5) is 0 Å². The fourth-order valence-electron chi connectivity index (χ4n) is 3.53. The summed E-state index contributed by atoms with van der Waals surface area (Å²) in [7, 11) is 0.